The molecule has 9 nitrogen and oxygen atoms in total. The second-order valence-electron chi connectivity index (χ2n) is 10.3. The zero-order valence-electron chi connectivity index (χ0n) is 23.5. The van der Waals surface area contributed by atoms with Crippen LogP contribution in [-0.4, -0.2) is 26.3 Å². The highest BCUT2D eigenvalue weighted by Crippen LogP contribution is 2.30. The van der Waals surface area contributed by atoms with Crippen molar-refractivity contribution in [2.75, 3.05) is 0 Å². The van der Waals surface area contributed by atoms with E-state index in [0.717, 1.165) is 34.4 Å². The fourth-order valence-corrected chi connectivity index (χ4v) is 5.02. The van der Waals surface area contributed by atoms with Crippen molar-refractivity contribution in [3.05, 3.63) is 149 Å². The Kier molecular flexibility index (Phi) is 8.09. The van der Waals surface area contributed by atoms with E-state index >= 15 is 0 Å². The Hall–Kier alpha value is -5.62. The van der Waals surface area contributed by atoms with E-state index in [1.165, 1.54) is 6.07 Å². The number of fused-ring (bicyclic) bond motifs is 2. The van der Waals surface area contributed by atoms with Crippen molar-refractivity contribution in [2.24, 2.45) is 5.73 Å². The lowest BCUT2D eigenvalue weighted by molar-refractivity contribution is -0.139. The molecule has 0 aliphatic heterocycles. The number of benzene rings is 4. The molecule has 2 aromatic heterocycles. The molecule has 0 radical (unpaired) electrons. The van der Waals surface area contributed by atoms with Gasteiger partial charge >= 0.3 is 12.1 Å². The maximum atomic E-state index is 13.1. The lowest BCUT2D eigenvalue weighted by Gasteiger charge is -2.08. The van der Waals surface area contributed by atoms with Gasteiger partial charge in [-0.1, -0.05) is 54.6 Å². The van der Waals surface area contributed by atoms with Crippen LogP contribution in [0.1, 0.15) is 16.7 Å². The molecule has 0 aliphatic rings. The Morgan fingerprint density at radius 1 is 0.733 bits per heavy atom. The molecule has 0 spiro atoms. The lowest BCUT2D eigenvalue weighted by atomic mass is 10.1. The Bertz CT molecular complexity index is 2200. The van der Waals surface area contributed by atoms with Crippen LogP contribution in [-0.2, 0) is 17.4 Å². The van der Waals surface area contributed by atoms with Gasteiger partial charge in [-0.05, 0) is 60.9 Å². The first kappa shape index (κ1) is 30.8. The number of rotatable bonds is 5. The van der Waals surface area contributed by atoms with E-state index in [1.807, 2.05) is 30.3 Å². The molecule has 0 saturated heterocycles. The van der Waals surface area contributed by atoms with Crippen molar-refractivity contribution in [1.29, 1.82) is 0 Å². The maximum Gasteiger partial charge on any atom is 0.416 e. The predicted molar refractivity (Wildman–Crippen MR) is 163 cm³/mol. The third-order valence-electron chi connectivity index (χ3n) is 7.30. The number of carboxylic acids is 1. The Labute approximate surface area is 251 Å². The zero-order valence-corrected chi connectivity index (χ0v) is 23.5. The maximum absolute atomic E-state index is 13.1. The van der Waals surface area contributed by atoms with Gasteiger partial charge in [-0.3, -0.25) is 24.0 Å². The number of carbonyl (C=O) groups is 1. The van der Waals surface area contributed by atoms with Crippen LogP contribution in [0.2, 0.25) is 0 Å². The van der Waals surface area contributed by atoms with E-state index in [2.05, 4.69) is 0 Å². The number of alkyl halides is 3. The van der Waals surface area contributed by atoms with Gasteiger partial charge in [0.2, 0.25) is 0 Å². The molecule has 6 rings (SSSR count). The highest BCUT2D eigenvalue weighted by molar-refractivity contribution is 5.98. The summed E-state index contributed by atoms with van der Waals surface area (Å²) in [6, 6.07) is 21.5. The first-order valence-electron chi connectivity index (χ1n) is 13.5. The van der Waals surface area contributed by atoms with E-state index in [9.17, 15) is 37.1 Å². The molecule has 0 fully saturated rings. The third kappa shape index (κ3) is 5.83. The summed E-state index contributed by atoms with van der Waals surface area (Å²) >= 11 is 0. The molecule has 12 heteroatoms. The molecule has 3 N–H and O–H groups in total. The second kappa shape index (κ2) is 11.8. The number of hydrogen-bond donors (Lipinski definition) is 2. The minimum absolute atomic E-state index is 0.0472. The third-order valence-corrected chi connectivity index (χ3v) is 7.30. The molecule has 0 saturated carbocycles. The van der Waals surface area contributed by atoms with E-state index in [0.29, 0.717) is 28.3 Å². The summed E-state index contributed by atoms with van der Waals surface area (Å²) in [4.78, 5) is 62.4. The largest absolute Gasteiger partial charge is 0.480 e. The van der Waals surface area contributed by atoms with Gasteiger partial charge in [-0.2, -0.15) is 13.2 Å². The van der Waals surface area contributed by atoms with Crippen LogP contribution < -0.4 is 28.0 Å². The van der Waals surface area contributed by atoms with Gasteiger partial charge < -0.3 is 10.8 Å². The summed E-state index contributed by atoms with van der Waals surface area (Å²) in [7, 11) is 0. The Balaban J connectivity index is 0.000000282. The number of nitrogens with two attached hydrogens (primary N) is 1. The number of halogens is 3. The first-order valence-corrected chi connectivity index (χ1v) is 13.5. The molecule has 1 atom stereocenters. The van der Waals surface area contributed by atoms with Gasteiger partial charge in [-0.25, -0.2) is 9.13 Å². The smallest absolute Gasteiger partial charge is 0.416 e. The van der Waals surface area contributed by atoms with Crippen molar-refractivity contribution in [3.63, 3.8) is 0 Å². The normalized spacial score (nSPS) is 12.2. The molecule has 0 aliphatic carbocycles. The summed E-state index contributed by atoms with van der Waals surface area (Å²) in [5.41, 5.74) is 3.06. The molecule has 6 aromatic rings. The van der Waals surface area contributed by atoms with Crippen LogP contribution in [0, 0.1) is 6.92 Å². The minimum Gasteiger partial charge on any atom is -0.480 e. The van der Waals surface area contributed by atoms with Crippen molar-refractivity contribution >= 4 is 27.5 Å². The zero-order chi connectivity index (χ0) is 32.6. The van der Waals surface area contributed by atoms with Gasteiger partial charge in [0.1, 0.15) is 6.04 Å². The quantitative estimate of drug-likeness (QED) is 0.300. The number of nitrogens with zero attached hydrogens (tertiary/aromatic N) is 2. The Morgan fingerprint density at radius 2 is 1.24 bits per heavy atom. The predicted octanol–water partition coefficient (Wildman–Crippen LogP) is 3.86. The molecule has 2 heterocycles. The SMILES string of the molecule is Cc1ccccc1-n1c(=O)c2cc3c(=O)n(-c4cccc(C(F)(F)F)c4)c(=O)c3cc2c1=O.N[C@@H](Cc1ccccc1)C(=O)O. The van der Waals surface area contributed by atoms with Crippen molar-refractivity contribution in [2.45, 2.75) is 25.6 Å². The average Bonchev–Trinajstić information content (AvgIpc) is 3.40. The highest BCUT2D eigenvalue weighted by atomic mass is 19.4. The van der Waals surface area contributed by atoms with Crippen LogP contribution in [0.5, 0.6) is 0 Å². The fraction of sp³-hybridized carbons (Fsp3) is 0.121. The molecular formula is C33H24F3N3O6. The van der Waals surface area contributed by atoms with E-state index in [4.69, 9.17) is 10.8 Å². The van der Waals surface area contributed by atoms with Crippen LogP contribution in [0.25, 0.3) is 32.9 Å². The van der Waals surface area contributed by atoms with Crippen LogP contribution in [0.4, 0.5) is 13.2 Å². The fourth-order valence-electron chi connectivity index (χ4n) is 5.02. The second-order valence-corrected chi connectivity index (χ2v) is 10.3. The van der Waals surface area contributed by atoms with Gasteiger partial charge in [0, 0.05) is 0 Å². The van der Waals surface area contributed by atoms with Crippen LogP contribution in [0.3, 0.4) is 0 Å². The topological polar surface area (TPSA) is 141 Å². The summed E-state index contributed by atoms with van der Waals surface area (Å²) in [5, 5.41) is 8.13. The summed E-state index contributed by atoms with van der Waals surface area (Å²) in [6.45, 7) is 1.73. The minimum atomic E-state index is -4.66. The molecule has 4 aromatic carbocycles. The molecule has 0 bridgehead atoms. The van der Waals surface area contributed by atoms with Crippen LogP contribution in [0.15, 0.2) is 110 Å². The van der Waals surface area contributed by atoms with Crippen molar-refractivity contribution in [3.8, 4) is 11.4 Å². The van der Waals surface area contributed by atoms with Crippen molar-refractivity contribution in [1.82, 2.24) is 9.13 Å². The van der Waals surface area contributed by atoms with E-state index in [-0.39, 0.29) is 27.2 Å². The van der Waals surface area contributed by atoms with Gasteiger partial charge in [0.15, 0.2) is 0 Å². The summed E-state index contributed by atoms with van der Waals surface area (Å²) < 4.78 is 40.9. The average molecular weight is 616 g/mol. The molecule has 0 unspecified atom stereocenters. The number of carboxylic acid groups (broad SMARTS) is 1. The van der Waals surface area contributed by atoms with Gasteiger partial charge in [0.25, 0.3) is 22.2 Å². The van der Waals surface area contributed by atoms with E-state index in [1.54, 1.807) is 31.2 Å². The van der Waals surface area contributed by atoms with E-state index < -0.39 is 46.0 Å². The Morgan fingerprint density at radius 3 is 1.76 bits per heavy atom. The lowest BCUT2D eigenvalue weighted by Crippen LogP contribution is -2.32. The number of hydrogen-bond acceptors (Lipinski definition) is 6. The first-order chi connectivity index (χ1) is 21.3. The van der Waals surface area contributed by atoms with Gasteiger partial charge in [0.05, 0.1) is 38.5 Å². The van der Waals surface area contributed by atoms with Crippen molar-refractivity contribution < 1.29 is 23.1 Å². The molecule has 45 heavy (non-hydrogen) atoms. The monoisotopic (exact) mass is 615 g/mol. The number of aromatic nitrogens is 2. The van der Waals surface area contributed by atoms with Gasteiger partial charge in [-0.15, -0.1) is 0 Å². The molecular weight excluding hydrogens is 591 g/mol. The summed E-state index contributed by atoms with van der Waals surface area (Å²) in [5.74, 6) is -0.959. The number of aliphatic carboxylic acids is 1. The summed E-state index contributed by atoms with van der Waals surface area (Å²) in [6.07, 6.45) is -4.27. The standard InChI is InChI=1S/C24H13F3N2O4.C9H11NO2/c1-12-5-2-3-8-19(12)29-22(32)17-10-15-16(11-18(17)23(29)33)21(31)28(20(15)30)14-7-4-6-13(9-14)24(25,26)27;10-8(9(11)12)6-7-4-2-1-3-5-7/h2-11H,1H3;1-5,8H,6,10H2,(H,11,12)/t;8-/m.0/s1. The number of aryl methyl sites for hydroxylation is 1. The number of para-hydroxylation sites is 1. The van der Waals surface area contributed by atoms with Crippen LogP contribution >= 0.6 is 0 Å². The molecule has 0 amide bonds. The highest BCUT2D eigenvalue weighted by Gasteiger charge is 2.31. The molecule has 228 valence electrons.